The maximum atomic E-state index is 6.13. The molecule has 5 rings (SSSR count). The minimum Gasteiger partial charge on any atom is -0.456 e. The van der Waals surface area contributed by atoms with Crippen LogP contribution in [0.4, 0.5) is 0 Å². The highest BCUT2D eigenvalue weighted by molar-refractivity contribution is 7.80. The summed E-state index contributed by atoms with van der Waals surface area (Å²) in [6.07, 6.45) is 0. The molecule has 0 saturated carbocycles. The average Bonchev–Trinajstić information content (AvgIpc) is 3.09. The van der Waals surface area contributed by atoms with Crippen LogP contribution in [0.25, 0.3) is 21.9 Å². The standard InChI is InChI=1S/C24H17OP/c1-3-10-18(11-4-1)26(19-12-5-2-6-13-19)23-17-9-16-22-24(23)20-14-7-8-15-21(20)25-22/h1-17H. The predicted molar refractivity (Wildman–Crippen MR) is 112 cm³/mol. The first-order valence-electron chi connectivity index (χ1n) is 8.72. The molecule has 0 radical (unpaired) electrons. The van der Waals surface area contributed by atoms with E-state index in [4.69, 9.17) is 4.42 Å². The summed E-state index contributed by atoms with van der Waals surface area (Å²) in [7, 11) is -0.653. The quantitative estimate of drug-likeness (QED) is 0.399. The van der Waals surface area contributed by atoms with Crippen LogP contribution in [-0.2, 0) is 0 Å². The first kappa shape index (κ1) is 15.4. The molecule has 0 aliphatic heterocycles. The largest absolute Gasteiger partial charge is 0.456 e. The monoisotopic (exact) mass is 352 g/mol. The number of para-hydroxylation sites is 1. The van der Waals surface area contributed by atoms with Crippen molar-refractivity contribution in [2.75, 3.05) is 0 Å². The zero-order chi connectivity index (χ0) is 17.3. The van der Waals surface area contributed by atoms with Crippen LogP contribution in [-0.4, -0.2) is 0 Å². The number of rotatable bonds is 3. The van der Waals surface area contributed by atoms with E-state index >= 15 is 0 Å². The third-order valence-electron chi connectivity index (χ3n) is 4.65. The molecule has 4 aromatic carbocycles. The Hall–Kier alpha value is -2.89. The van der Waals surface area contributed by atoms with E-state index in [0.717, 1.165) is 11.2 Å². The van der Waals surface area contributed by atoms with E-state index in [1.54, 1.807) is 0 Å². The molecule has 0 spiro atoms. The molecule has 1 heterocycles. The molecule has 1 nitrogen and oxygen atoms in total. The van der Waals surface area contributed by atoms with E-state index in [9.17, 15) is 0 Å². The number of benzene rings is 4. The number of hydrogen-bond acceptors (Lipinski definition) is 1. The van der Waals surface area contributed by atoms with E-state index < -0.39 is 7.92 Å². The zero-order valence-corrected chi connectivity index (χ0v) is 15.1. The molecular weight excluding hydrogens is 335 g/mol. The third kappa shape index (κ3) is 2.53. The molecule has 5 aromatic rings. The molecule has 124 valence electrons. The molecule has 1 aromatic heterocycles. The summed E-state index contributed by atoms with van der Waals surface area (Å²) in [4.78, 5) is 0. The Morgan fingerprint density at radius 1 is 0.500 bits per heavy atom. The highest BCUT2D eigenvalue weighted by Crippen LogP contribution is 2.38. The second-order valence-corrected chi connectivity index (χ2v) is 8.44. The van der Waals surface area contributed by atoms with Gasteiger partial charge in [-0.3, -0.25) is 0 Å². The van der Waals surface area contributed by atoms with Gasteiger partial charge in [0.05, 0.1) is 0 Å². The minimum absolute atomic E-state index is 0.653. The summed E-state index contributed by atoms with van der Waals surface area (Å²) in [6.45, 7) is 0. The van der Waals surface area contributed by atoms with Gasteiger partial charge in [-0.1, -0.05) is 91.0 Å². The molecule has 0 aliphatic carbocycles. The number of hydrogen-bond donors (Lipinski definition) is 0. The van der Waals surface area contributed by atoms with Crippen LogP contribution in [0.2, 0.25) is 0 Å². The molecule has 0 amide bonds. The smallest absolute Gasteiger partial charge is 0.136 e. The van der Waals surface area contributed by atoms with Gasteiger partial charge in [-0.15, -0.1) is 0 Å². The SMILES string of the molecule is c1ccc(P(c2ccccc2)c2cccc3oc4ccccc4c23)cc1. The molecular formula is C24H17OP. The van der Waals surface area contributed by atoms with Crippen LogP contribution in [0.3, 0.4) is 0 Å². The van der Waals surface area contributed by atoms with Gasteiger partial charge in [0.15, 0.2) is 0 Å². The zero-order valence-electron chi connectivity index (χ0n) is 14.2. The van der Waals surface area contributed by atoms with E-state index in [2.05, 4.69) is 91.0 Å². The second kappa shape index (κ2) is 6.44. The maximum absolute atomic E-state index is 6.13. The van der Waals surface area contributed by atoms with Gasteiger partial charge >= 0.3 is 0 Å². The van der Waals surface area contributed by atoms with Crippen molar-refractivity contribution < 1.29 is 4.42 Å². The van der Waals surface area contributed by atoms with Gasteiger partial charge < -0.3 is 4.42 Å². The molecule has 0 fully saturated rings. The predicted octanol–water partition coefficient (Wildman–Crippen LogP) is 5.34. The van der Waals surface area contributed by atoms with Gasteiger partial charge in [0, 0.05) is 10.8 Å². The highest BCUT2D eigenvalue weighted by atomic mass is 31.1. The molecule has 2 heteroatoms. The van der Waals surface area contributed by atoms with Crippen molar-refractivity contribution in [3.8, 4) is 0 Å². The highest BCUT2D eigenvalue weighted by Gasteiger charge is 2.21. The van der Waals surface area contributed by atoms with Gasteiger partial charge in [-0.05, 0) is 36.0 Å². The van der Waals surface area contributed by atoms with Crippen LogP contribution in [0, 0.1) is 0 Å². The van der Waals surface area contributed by atoms with Gasteiger partial charge in [0.1, 0.15) is 11.2 Å². The van der Waals surface area contributed by atoms with Crippen molar-refractivity contribution in [2.45, 2.75) is 0 Å². The average molecular weight is 352 g/mol. The van der Waals surface area contributed by atoms with Gasteiger partial charge in [-0.2, -0.15) is 0 Å². The van der Waals surface area contributed by atoms with Crippen LogP contribution in [0.15, 0.2) is 108 Å². The van der Waals surface area contributed by atoms with E-state index in [-0.39, 0.29) is 0 Å². The van der Waals surface area contributed by atoms with Crippen molar-refractivity contribution in [3.05, 3.63) is 103 Å². The van der Waals surface area contributed by atoms with E-state index in [0.29, 0.717) is 0 Å². The Balaban J connectivity index is 1.85. The molecule has 0 aliphatic rings. The molecule has 26 heavy (non-hydrogen) atoms. The maximum Gasteiger partial charge on any atom is 0.136 e. The summed E-state index contributed by atoms with van der Waals surface area (Å²) in [5, 5.41) is 6.48. The Labute approximate surface area is 153 Å². The van der Waals surface area contributed by atoms with Crippen LogP contribution >= 0.6 is 7.92 Å². The molecule has 0 bridgehead atoms. The van der Waals surface area contributed by atoms with Gasteiger partial charge in [-0.25, -0.2) is 0 Å². The van der Waals surface area contributed by atoms with Crippen molar-refractivity contribution in [1.82, 2.24) is 0 Å². The lowest BCUT2D eigenvalue weighted by Gasteiger charge is -2.20. The Morgan fingerprint density at radius 3 is 1.77 bits per heavy atom. The van der Waals surface area contributed by atoms with Crippen molar-refractivity contribution >= 4 is 45.8 Å². The van der Waals surface area contributed by atoms with Crippen LogP contribution < -0.4 is 15.9 Å². The lowest BCUT2D eigenvalue weighted by Crippen LogP contribution is -2.20. The summed E-state index contributed by atoms with van der Waals surface area (Å²) in [6, 6.07) is 36.4. The molecule has 0 N–H and O–H groups in total. The summed E-state index contributed by atoms with van der Waals surface area (Å²) < 4.78 is 6.13. The topological polar surface area (TPSA) is 13.1 Å². The van der Waals surface area contributed by atoms with Crippen molar-refractivity contribution in [3.63, 3.8) is 0 Å². The fourth-order valence-corrected chi connectivity index (χ4v) is 6.01. The summed E-state index contributed by atoms with van der Waals surface area (Å²) in [5.74, 6) is 0. The fourth-order valence-electron chi connectivity index (χ4n) is 3.52. The van der Waals surface area contributed by atoms with Crippen LogP contribution in [0.5, 0.6) is 0 Å². The second-order valence-electron chi connectivity index (χ2n) is 6.26. The number of furan rings is 1. The minimum atomic E-state index is -0.653. The Kier molecular flexibility index (Phi) is 3.81. The summed E-state index contributed by atoms with van der Waals surface area (Å²) in [5.41, 5.74) is 1.91. The van der Waals surface area contributed by atoms with Crippen LogP contribution in [0.1, 0.15) is 0 Å². The first-order valence-corrected chi connectivity index (χ1v) is 10.1. The van der Waals surface area contributed by atoms with Crippen molar-refractivity contribution in [2.24, 2.45) is 0 Å². The third-order valence-corrected chi connectivity index (χ3v) is 7.13. The lowest BCUT2D eigenvalue weighted by atomic mass is 10.1. The fraction of sp³-hybridized carbons (Fsp3) is 0. The number of fused-ring (bicyclic) bond motifs is 3. The van der Waals surface area contributed by atoms with E-state index in [1.165, 1.54) is 26.7 Å². The Bertz CT molecular complexity index is 1140. The lowest BCUT2D eigenvalue weighted by molar-refractivity contribution is 0.669. The van der Waals surface area contributed by atoms with Gasteiger partial charge in [0.2, 0.25) is 0 Å². The Morgan fingerprint density at radius 2 is 1.08 bits per heavy atom. The van der Waals surface area contributed by atoms with E-state index in [1.807, 2.05) is 12.1 Å². The molecule has 0 unspecified atom stereocenters. The molecule has 0 saturated heterocycles. The first-order chi connectivity index (χ1) is 12.9. The molecule has 0 atom stereocenters. The van der Waals surface area contributed by atoms with Gasteiger partial charge in [0.25, 0.3) is 0 Å². The summed E-state index contributed by atoms with van der Waals surface area (Å²) >= 11 is 0. The van der Waals surface area contributed by atoms with Crippen molar-refractivity contribution in [1.29, 1.82) is 0 Å². The normalized spacial score (nSPS) is 11.4.